The second-order valence-corrected chi connectivity index (χ2v) is 7.32. The summed E-state index contributed by atoms with van der Waals surface area (Å²) in [5.41, 5.74) is 0.776. The Balaban J connectivity index is 1.49. The van der Waals surface area contributed by atoms with Crippen LogP contribution >= 0.6 is 11.8 Å². The van der Waals surface area contributed by atoms with Crippen LogP contribution < -0.4 is 5.32 Å². The number of carbonyl (C=O) groups excluding carboxylic acids is 3. The van der Waals surface area contributed by atoms with E-state index in [2.05, 4.69) is 10.3 Å². The van der Waals surface area contributed by atoms with Gasteiger partial charge in [0, 0.05) is 31.9 Å². The van der Waals surface area contributed by atoms with E-state index in [9.17, 15) is 14.4 Å². The lowest BCUT2D eigenvalue weighted by Crippen LogP contribution is -2.37. The van der Waals surface area contributed by atoms with Gasteiger partial charge in [-0.05, 0) is 48.2 Å². The van der Waals surface area contributed by atoms with E-state index >= 15 is 0 Å². The Morgan fingerprint density at radius 2 is 2.16 bits per heavy atom. The van der Waals surface area contributed by atoms with Gasteiger partial charge in [-0.15, -0.1) is 0 Å². The molecule has 1 N–H and O–H groups in total. The van der Waals surface area contributed by atoms with Crippen LogP contribution in [0.15, 0.2) is 29.4 Å². The van der Waals surface area contributed by atoms with Crippen molar-refractivity contribution in [2.45, 2.75) is 32.1 Å². The Morgan fingerprint density at radius 1 is 1.36 bits per heavy atom. The van der Waals surface area contributed by atoms with E-state index in [0.717, 1.165) is 30.2 Å². The minimum absolute atomic E-state index is 0.00442. The summed E-state index contributed by atoms with van der Waals surface area (Å²) in [5, 5.41) is 2.52. The van der Waals surface area contributed by atoms with Gasteiger partial charge in [-0.25, -0.2) is 0 Å². The zero-order valence-electron chi connectivity index (χ0n) is 13.9. The summed E-state index contributed by atoms with van der Waals surface area (Å²) in [6.45, 7) is 0.495. The van der Waals surface area contributed by atoms with Gasteiger partial charge in [0.15, 0.2) is 0 Å². The summed E-state index contributed by atoms with van der Waals surface area (Å²) in [7, 11) is 0. The van der Waals surface area contributed by atoms with Crippen molar-refractivity contribution < 1.29 is 14.4 Å². The fourth-order valence-electron chi connectivity index (χ4n) is 3.16. The molecule has 2 aliphatic rings. The highest BCUT2D eigenvalue weighted by Crippen LogP contribution is 2.31. The van der Waals surface area contributed by atoms with Crippen molar-refractivity contribution in [1.82, 2.24) is 15.2 Å². The fourth-order valence-corrected chi connectivity index (χ4v) is 4.03. The Labute approximate surface area is 151 Å². The molecular formula is C18H21N3O3S. The van der Waals surface area contributed by atoms with Crippen LogP contribution in [0.25, 0.3) is 6.08 Å². The summed E-state index contributed by atoms with van der Waals surface area (Å²) in [4.78, 5) is 41.9. The molecule has 1 aromatic heterocycles. The molecule has 2 fully saturated rings. The average Bonchev–Trinajstić information content (AvgIpc) is 3.19. The molecule has 7 heteroatoms. The number of amides is 3. The predicted octanol–water partition coefficient (Wildman–Crippen LogP) is 2.81. The van der Waals surface area contributed by atoms with E-state index in [1.165, 1.54) is 17.7 Å². The molecule has 6 nitrogen and oxygen atoms in total. The van der Waals surface area contributed by atoms with Crippen LogP contribution in [0.1, 0.15) is 37.7 Å². The number of hydrogen-bond donors (Lipinski definition) is 1. The van der Waals surface area contributed by atoms with E-state index in [1.807, 2.05) is 6.07 Å². The highest BCUT2D eigenvalue weighted by Gasteiger charge is 2.34. The summed E-state index contributed by atoms with van der Waals surface area (Å²) < 4.78 is 0. The van der Waals surface area contributed by atoms with E-state index in [4.69, 9.17) is 0 Å². The van der Waals surface area contributed by atoms with Gasteiger partial charge < -0.3 is 5.32 Å². The highest BCUT2D eigenvalue weighted by molar-refractivity contribution is 8.18. The molecule has 1 aromatic rings. The summed E-state index contributed by atoms with van der Waals surface area (Å²) >= 11 is 0.920. The molecule has 0 aromatic carbocycles. The normalized spacial score (nSPS) is 19.8. The minimum atomic E-state index is -0.316. The molecule has 1 aliphatic heterocycles. The fraction of sp³-hybridized carbons (Fsp3) is 0.444. The Kier molecular flexibility index (Phi) is 5.86. The smallest absolute Gasteiger partial charge is 0.293 e. The van der Waals surface area contributed by atoms with Gasteiger partial charge in [-0.2, -0.15) is 0 Å². The van der Waals surface area contributed by atoms with E-state index in [1.54, 1.807) is 24.5 Å². The quantitative estimate of drug-likeness (QED) is 0.790. The van der Waals surface area contributed by atoms with Crippen LogP contribution in [0.4, 0.5) is 4.79 Å². The van der Waals surface area contributed by atoms with Gasteiger partial charge in [-0.1, -0.05) is 18.9 Å². The first-order valence-electron chi connectivity index (χ1n) is 8.55. The predicted molar refractivity (Wildman–Crippen MR) is 96.5 cm³/mol. The van der Waals surface area contributed by atoms with Gasteiger partial charge in [0.25, 0.3) is 11.1 Å². The molecule has 0 spiro atoms. The van der Waals surface area contributed by atoms with Crippen LogP contribution in [0.5, 0.6) is 0 Å². The molecular weight excluding hydrogens is 338 g/mol. The van der Waals surface area contributed by atoms with Gasteiger partial charge >= 0.3 is 0 Å². The molecule has 132 valence electrons. The first-order valence-corrected chi connectivity index (χ1v) is 9.37. The average molecular weight is 359 g/mol. The molecule has 3 amide bonds. The number of pyridine rings is 1. The topological polar surface area (TPSA) is 79.4 Å². The summed E-state index contributed by atoms with van der Waals surface area (Å²) in [6.07, 6.45) is 10.1. The molecule has 0 radical (unpaired) electrons. The Hall–Kier alpha value is -2.15. The van der Waals surface area contributed by atoms with Crippen LogP contribution in [0.3, 0.4) is 0 Å². The number of thioether (sulfide) groups is 1. The van der Waals surface area contributed by atoms with Crippen molar-refractivity contribution in [2.24, 2.45) is 5.92 Å². The van der Waals surface area contributed by atoms with Crippen LogP contribution in [0.2, 0.25) is 0 Å². The van der Waals surface area contributed by atoms with Gasteiger partial charge in [0.1, 0.15) is 0 Å². The van der Waals surface area contributed by atoms with Crippen molar-refractivity contribution >= 4 is 34.9 Å². The first-order chi connectivity index (χ1) is 12.1. The summed E-state index contributed by atoms with van der Waals surface area (Å²) in [5.74, 6) is 0.174. The maximum atomic E-state index is 12.4. The van der Waals surface area contributed by atoms with E-state index in [-0.39, 0.29) is 23.6 Å². The van der Waals surface area contributed by atoms with Crippen LogP contribution in [-0.2, 0) is 9.59 Å². The second kappa shape index (κ2) is 8.29. The first kappa shape index (κ1) is 17.7. The zero-order chi connectivity index (χ0) is 17.6. The van der Waals surface area contributed by atoms with E-state index in [0.29, 0.717) is 23.8 Å². The van der Waals surface area contributed by atoms with Crippen molar-refractivity contribution in [3.63, 3.8) is 0 Å². The number of nitrogens with one attached hydrogen (secondary N) is 1. The largest absolute Gasteiger partial charge is 0.354 e. The SMILES string of the molecule is O=C(CC1CCCC1)NCCN1C(=O)S/C(=C\c2cccnc2)C1=O. The third-order valence-corrected chi connectivity index (χ3v) is 5.37. The molecule has 0 atom stereocenters. The third-order valence-electron chi connectivity index (χ3n) is 4.46. The number of imide groups is 1. The zero-order valence-corrected chi connectivity index (χ0v) is 14.8. The maximum absolute atomic E-state index is 12.4. The molecule has 0 bridgehead atoms. The lowest BCUT2D eigenvalue weighted by atomic mass is 10.0. The molecule has 1 saturated heterocycles. The molecule has 1 aliphatic carbocycles. The van der Waals surface area contributed by atoms with Crippen LogP contribution in [0, 0.1) is 5.92 Å². The minimum Gasteiger partial charge on any atom is -0.354 e. The third kappa shape index (κ3) is 4.69. The number of rotatable bonds is 6. The van der Waals surface area contributed by atoms with Crippen molar-refractivity contribution in [3.8, 4) is 0 Å². The Morgan fingerprint density at radius 3 is 2.88 bits per heavy atom. The monoisotopic (exact) mass is 359 g/mol. The molecule has 25 heavy (non-hydrogen) atoms. The number of hydrogen-bond acceptors (Lipinski definition) is 5. The number of carbonyl (C=O) groups is 3. The molecule has 2 heterocycles. The Bertz CT molecular complexity index is 684. The van der Waals surface area contributed by atoms with E-state index < -0.39 is 0 Å². The van der Waals surface area contributed by atoms with Crippen LogP contribution in [-0.4, -0.2) is 40.0 Å². The second-order valence-electron chi connectivity index (χ2n) is 6.32. The maximum Gasteiger partial charge on any atom is 0.293 e. The molecule has 3 rings (SSSR count). The van der Waals surface area contributed by atoms with Gasteiger partial charge in [0.2, 0.25) is 5.91 Å². The lowest BCUT2D eigenvalue weighted by molar-refractivity contribution is -0.124. The van der Waals surface area contributed by atoms with Gasteiger partial charge in [0.05, 0.1) is 4.91 Å². The number of nitrogens with zero attached hydrogens (tertiary/aromatic N) is 2. The molecule has 1 saturated carbocycles. The molecule has 0 unspecified atom stereocenters. The van der Waals surface area contributed by atoms with Crippen molar-refractivity contribution in [2.75, 3.05) is 13.1 Å². The van der Waals surface area contributed by atoms with Crippen molar-refractivity contribution in [3.05, 3.63) is 35.0 Å². The highest BCUT2D eigenvalue weighted by atomic mass is 32.2. The lowest BCUT2D eigenvalue weighted by Gasteiger charge is -2.14. The summed E-state index contributed by atoms with van der Waals surface area (Å²) in [6, 6.07) is 3.60. The van der Waals surface area contributed by atoms with Crippen molar-refractivity contribution in [1.29, 1.82) is 0 Å². The standard InChI is InChI=1S/C18H21N3O3S/c22-16(11-13-4-1-2-5-13)20-8-9-21-17(23)15(25-18(21)24)10-14-6-3-7-19-12-14/h3,6-7,10,12-13H,1-2,4-5,8-9,11H2,(H,20,22)/b15-10-. The van der Waals surface area contributed by atoms with Gasteiger partial charge in [-0.3, -0.25) is 24.3 Å². The number of aromatic nitrogens is 1.